The van der Waals surface area contributed by atoms with Crippen LogP contribution >= 0.6 is 11.6 Å². The molecule has 0 bridgehead atoms. The number of hydrogen-bond donors (Lipinski definition) is 2. The first kappa shape index (κ1) is 15.1. The number of halogens is 1. The van der Waals surface area contributed by atoms with Gasteiger partial charge in [-0.1, -0.05) is 11.6 Å². The van der Waals surface area contributed by atoms with Crippen LogP contribution < -0.4 is 10.1 Å². The van der Waals surface area contributed by atoms with E-state index in [1.807, 2.05) is 6.92 Å². The molecule has 1 saturated carbocycles. The Kier molecular flexibility index (Phi) is 4.89. The summed E-state index contributed by atoms with van der Waals surface area (Å²) in [7, 11) is 0. The molecule has 1 unspecified atom stereocenters. The van der Waals surface area contributed by atoms with Gasteiger partial charge in [-0.25, -0.2) is 0 Å². The molecule has 1 aromatic rings. The lowest BCUT2D eigenvalue weighted by atomic mass is 9.97. The van der Waals surface area contributed by atoms with E-state index in [0.717, 1.165) is 12.8 Å². The summed E-state index contributed by atoms with van der Waals surface area (Å²) >= 11 is 5.78. The molecule has 1 fully saturated rings. The number of benzene rings is 1. The average Bonchev–Trinajstić information content (AvgIpc) is 3.25. The summed E-state index contributed by atoms with van der Waals surface area (Å²) in [6.45, 7) is 2.17. The molecule has 0 aliphatic heterocycles. The van der Waals surface area contributed by atoms with Gasteiger partial charge in [-0.2, -0.15) is 0 Å². The molecule has 20 heavy (non-hydrogen) atoms. The maximum atomic E-state index is 11.9. The third-order valence-corrected chi connectivity index (χ3v) is 3.90. The van der Waals surface area contributed by atoms with Gasteiger partial charge in [0.25, 0.3) is 0 Å². The standard InChI is InChI=1S/C15H20ClNO3/c1-15(10-18,11-2-3-11)17-14(19)8-9-20-13-6-4-12(16)5-7-13/h4-7,11,18H,2-3,8-10H2,1H3,(H,17,19). The van der Waals surface area contributed by atoms with Gasteiger partial charge in [-0.05, 0) is 49.9 Å². The van der Waals surface area contributed by atoms with Gasteiger partial charge >= 0.3 is 0 Å². The fourth-order valence-corrected chi connectivity index (χ4v) is 2.29. The van der Waals surface area contributed by atoms with E-state index < -0.39 is 5.54 Å². The first-order chi connectivity index (χ1) is 9.53. The van der Waals surface area contributed by atoms with E-state index in [2.05, 4.69) is 5.32 Å². The molecule has 1 amide bonds. The second kappa shape index (κ2) is 6.46. The van der Waals surface area contributed by atoms with Gasteiger partial charge in [0.1, 0.15) is 5.75 Å². The van der Waals surface area contributed by atoms with Gasteiger partial charge in [0.05, 0.1) is 25.2 Å². The highest BCUT2D eigenvalue weighted by atomic mass is 35.5. The van der Waals surface area contributed by atoms with Crippen LogP contribution in [0.2, 0.25) is 5.02 Å². The van der Waals surface area contributed by atoms with Crippen molar-refractivity contribution in [2.75, 3.05) is 13.2 Å². The zero-order valence-corrected chi connectivity index (χ0v) is 12.3. The topological polar surface area (TPSA) is 58.6 Å². The highest BCUT2D eigenvalue weighted by molar-refractivity contribution is 6.30. The Morgan fingerprint density at radius 2 is 2.10 bits per heavy atom. The van der Waals surface area contributed by atoms with Gasteiger partial charge in [0, 0.05) is 5.02 Å². The van der Waals surface area contributed by atoms with Crippen molar-refractivity contribution in [2.24, 2.45) is 5.92 Å². The quantitative estimate of drug-likeness (QED) is 0.812. The monoisotopic (exact) mass is 297 g/mol. The van der Waals surface area contributed by atoms with E-state index in [1.54, 1.807) is 24.3 Å². The first-order valence-electron chi connectivity index (χ1n) is 6.84. The summed E-state index contributed by atoms with van der Waals surface area (Å²) in [4.78, 5) is 11.9. The van der Waals surface area contributed by atoms with E-state index in [-0.39, 0.29) is 18.9 Å². The number of aliphatic hydroxyl groups is 1. The number of amides is 1. The maximum absolute atomic E-state index is 11.9. The highest BCUT2D eigenvalue weighted by Gasteiger charge is 2.41. The number of ether oxygens (including phenoxy) is 1. The van der Waals surface area contributed by atoms with Crippen LogP contribution in [0, 0.1) is 5.92 Å². The van der Waals surface area contributed by atoms with Crippen LogP contribution in [0.5, 0.6) is 5.75 Å². The van der Waals surface area contributed by atoms with Crippen LogP contribution in [0.1, 0.15) is 26.2 Å². The number of carbonyl (C=O) groups excluding carboxylic acids is 1. The molecule has 1 aromatic carbocycles. The minimum Gasteiger partial charge on any atom is -0.493 e. The van der Waals surface area contributed by atoms with Crippen molar-refractivity contribution >= 4 is 17.5 Å². The summed E-state index contributed by atoms with van der Waals surface area (Å²) in [5.74, 6) is 0.991. The van der Waals surface area contributed by atoms with E-state index in [1.165, 1.54) is 0 Å². The Morgan fingerprint density at radius 1 is 1.45 bits per heavy atom. The Morgan fingerprint density at radius 3 is 2.65 bits per heavy atom. The molecule has 4 nitrogen and oxygen atoms in total. The molecule has 0 radical (unpaired) electrons. The Labute approximate surface area is 124 Å². The molecule has 0 aromatic heterocycles. The van der Waals surface area contributed by atoms with E-state index in [9.17, 15) is 9.90 Å². The smallest absolute Gasteiger partial charge is 0.223 e. The Hall–Kier alpha value is -1.26. The lowest BCUT2D eigenvalue weighted by Gasteiger charge is -2.28. The summed E-state index contributed by atoms with van der Waals surface area (Å²) in [6.07, 6.45) is 2.40. The maximum Gasteiger partial charge on any atom is 0.223 e. The van der Waals surface area contributed by atoms with Crippen LogP contribution in [-0.2, 0) is 4.79 Å². The first-order valence-corrected chi connectivity index (χ1v) is 7.21. The zero-order chi connectivity index (χ0) is 14.6. The summed E-state index contributed by atoms with van der Waals surface area (Å²) < 4.78 is 5.47. The van der Waals surface area contributed by atoms with Crippen molar-refractivity contribution in [3.05, 3.63) is 29.3 Å². The second-order valence-corrected chi connectivity index (χ2v) is 5.89. The Balaban J connectivity index is 1.73. The molecule has 1 aliphatic carbocycles. The van der Waals surface area contributed by atoms with E-state index in [0.29, 0.717) is 23.3 Å². The van der Waals surface area contributed by atoms with Crippen molar-refractivity contribution in [1.29, 1.82) is 0 Å². The van der Waals surface area contributed by atoms with Gasteiger partial charge in [0.2, 0.25) is 5.91 Å². The molecule has 2 rings (SSSR count). The molecule has 2 N–H and O–H groups in total. The number of hydrogen-bond acceptors (Lipinski definition) is 3. The predicted octanol–water partition coefficient (Wildman–Crippen LogP) is 2.39. The van der Waals surface area contributed by atoms with E-state index >= 15 is 0 Å². The number of carbonyl (C=O) groups is 1. The molecular weight excluding hydrogens is 278 g/mol. The fraction of sp³-hybridized carbons (Fsp3) is 0.533. The van der Waals surface area contributed by atoms with Crippen molar-refractivity contribution < 1.29 is 14.6 Å². The third kappa shape index (κ3) is 4.12. The molecule has 0 spiro atoms. The largest absolute Gasteiger partial charge is 0.493 e. The van der Waals surface area contributed by atoms with Crippen molar-refractivity contribution in [3.8, 4) is 5.75 Å². The van der Waals surface area contributed by atoms with Crippen molar-refractivity contribution in [3.63, 3.8) is 0 Å². The van der Waals surface area contributed by atoms with Crippen molar-refractivity contribution in [1.82, 2.24) is 5.32 Å². The summed E-state index contributed by atoms with van der Waals surface area (Å²) in [5, 5.41) is 13.0. The van der Waals surface area contributed by atoms with E-state index in [4.69, 9.17) is 16.3 Å². The number of aliphatic hydroxyl groups excluding tert-OH is 1. The second-order valence-electron chi connectivity index (χ2n) is 5.45. The average molecular weight is 298 g/mol. The predicted molar refractivity (Wildman–Crippen MR) is 77.9 cm³/mol. The number of rotatable bonds is 7. The lowest BCUT2D eigenvalue weighted by molar-refractivity contribution is -0.124. The normalized spacial score (nSPS) is 17.4. The summed E-state index contributed by atoms with van der Waals surface area (Å²) in [6, 6.07) is 7.02. The highest BCUT2D eigenvalue weighted by Crippen LogP contribution is 2.39. The summed E-state index contributed by atoms with van der Waals surface area (Å²) in [5.41, 5.74) is -0.489. The van der Waals surface area contributed by atoms with Gasteiger partial charge in [-0.3, -0.25) is 4.79 Å². The third-order valence-electron chi connectivity index (χ3n) is 3.64. The molecule has 5 heteroatoms. The molecule has 110 valence electrons. The minimum atomic E-state index is -0.489. The molecule has 1 atom stereocenters. The number of nitrogens with one attached hydrogen (secondary N) is 1. The van der Waals surface area contributed by atoms with Gasteiger partial charge < -0.3 is 15.2 Å². The van der Waals surface area contributed by atoms with Crippen LogP contribution in [-0.4, -0.2) is 29.8 Å². The fourth-order valence-electron chi connectivity index (χ4n) is 2.16. The molecule has 1 aliphatic rings. The lowest BCUT2D eigenvalue weighted by Crippen LogP contribution is -2.51. The van der Waals surface area contributed by atoms with Gasteiger partial charge in [-0.15, -0.1) is 0 Å². The molecular formula is C15H20ClNO3. The van der Waals surface area contributed by atoms with Crippen molar-refractivity contribution in [2.45, 2.75) is 31.7 Å². The zero-order valence-electron chi connectivity index (χ0n) is 11.6. The van der Waals surface area contributed by atoms with Crippen LogP contribution in [0.15, 0.2) is 24.3 Å². The SMILES string of the molecule is CC(CO)(NC(=O)CCOc1ccc(Cl)cc1)C1CC1. The van der Waals surface area contributed by atoms with Gasteiger partial charge in [0.15, 0.2) is 0 Å². The van der Waals surface area contributed by atoms with Crippen LogP contribution in [0.3, 0.4) is 0 Å². The minimum absolute atomic E-state index is 0.0263. The molecule has 0 heterocycles. The van der Waals surface area contributed by atoms with Crippen LogP contribution in [0.25, 0.3) is 0 Å². The van der Waals surface area contributed by atoms with Crippen LogP contribution in [0.4, 0.5) is 0 Å². The molecule has 0 saturated heterocycles. The Bertz CT molecular complexity index is 459.